The van der Waals surface area contributed by atoms with Crippen LogP contribution in [0.25, 0.3) is 0 Å². The molecule has 4 nitrogen and oxygen atoms in total. The van der Waals surface area contributed by atoms with Gasteiger partial charge in [0.15, 0.2) is 17.5 Å². The first-order valence-electron chi connectivity index (χ1n) is 5.70. The van der Waals surface area contributed by atoms with Gasteiger partial charge in [-0.3, -0.25) is 9.59 Å². The summed E-state index contributed by atoms with van der Waals surface area (Å²) in [4.78, 5) is 22.7. The van der Waals surface area contributed by atoms with Crippen LogP contribution in [0, 0.1) is 17.5 Å². The molecule has 19 heavy (non-hydrogen) atoms. The van der Waals surface area contributed by atoms with Crippen LogP contribution in [0.2, 0.25) is 0 Å². The molecule has 2 amide bonds. The molecule has 1 aromatic rings. The lowest BCUT2D eigenvalue weighted by atomic mass is 10.1. The summed E-state index contributed by atoms with van der Waals surface area (Å²) in [6.07, 6.45) is 0.675. The predicted molar refractivity (Wildman–Crippen MR) is 59.8 cm³/mol. The average Bonchev–Trinajstić information content (AvgIpc) is 2.39. The second-order valence-corrected chi connectivity index (χ2v) is 4.24. The van der Waals surface area contributed by atoms with E-state index in [1.54, 1.807) is 0 Å². The van der Waals surface area contributed by atoms with Crippen molar-refractivity contribution < 1.29 is 22.8 Å². The molecule has 1 aliphatic rings. The van der Waals surface area contributed by atoms with E-state index >= 15 is 0 Å². The molecule has 0 spiro atoms. The Morgan fingerprint density at radius 2 is 2.00 bits per heavy atom. The van der Waals surface area contributed by atoms with Gasteiger partial charge in [0.25, 0.3) is 5.91 Å². The van der Waals surface area contributed by atoms with Crippen molar-refractivity contribution in [2.45, 2.75) is 18.9 Å². The molecule has 0 radical (unpaired) electrons. The third kappa shape index (κ3) is 2.86. The Labute approximate surface area is 107 Å². The van der Waals surface area contributed by atoms with Crippen molar-refractivity contribution >= 4 is 11.8 Å². The van der Waals surface area contributed by atoms with Crippen molar-refractivity contribution in [3.05, 3.63) is 35.1 Å². The van der Waals surface area contributed by atoms with Crippen molar-refractivity contribution in [2.24, 2.45) is 0 Å². The lowest BCUT2D eigenvalue weighted by molar-refractivity contribution is -0.122. The Morgan fingerprint density at radius 3 is 2.63 bits per heavy atom. The number of nitrogens with one attached hydrogen (secondary N) is 2. The molecule has 0 bridgehead atoms. The average molecular weight is 272 g/mol. The van der Waals surface area contributed by atoms with Gasteiger partial charge in [0.2, 0.25) is 5.91 Å². The quantitative estimate of drug-likeness (QED) is 0.792. The van der Waals surface area contributed by atoms with E-state index in [9.17, 15) is 22.8 Å². The molecular weight excluding hydrogens is 261 g/mol. The normalized spacial score (nSPS) is 18.9. The van der Waals surface area contributed by atoms with E-state index in [1.165, 1.54) is 0 Å². The van der Waals surface area contributed by atoms with Gasteiger partial charge in [0.1, 0.15) is 0 Å². The van der Waals surface area contributed by atoms with Gasteiger partial charge < -0.3 is 10.6 Å². The van der Waals surface area contributed by atoms with E-state index in [0.717, 1.165) is 6.07 Å². The van der Waals surface area contributed by atoms with Crippen molar-refractivity contribution in [3.63, 3.8) is 0 Å². The molecule has 7 heteroatoms. The molecule has 2 N–H and O–H groups in total. The van der Waals surface area contributed by atoms with Gasteiger partial charge >= 0.3 is 0 Å². The summed E-state index contributed by atoms with van der Waals surface area (Å²) >= 11 is 0. The first-order chi connectivity index (χ1) is 8.99. The molecule has 0 aliphatic carbocycles. The molecule has 1 unspecified atom stereocenters. The largest absolute Gasteiger partial charge is 0.354 e. The number of hydrogen-bond acceptors (Lipinski definition) is 2. The highest BCUT2D eigenvalue weighted by Gasteiger charge is 2.23. The molecular formula is C12H11F3N2O2. The lowest BCUT2D eigenvalue weighted by Crippen LogP contribution is -2.47. The van der Waals surface area contributed by atoms with E-state index in [-0.39, 0.29) is 24.9 Å². The van der Waals surface area contributed by atoms with Crippen LogP contribution in [0.15, 0.2) is 12.1 Å². The van der Waals surface area contributed by atoms with Crippen LogP contribution in [-0.4, -0.2) is 24.4 Å². The molecule has 1 aliphatic heterocycles. The molecule has 1 fully saturated rings. The fourth-order valence-electron chi connectivity index (χ4n) is 1.82. The van der Waals surface area contributed by atoms with Crippen molar-refractivity contribution in [2.75, 3.05) is 6.54 Å². The Kier molecular flexibility index (Phi) is 3.73. The maximum Gasteiger partial charge on any atom is 0.254 e. The summed E-state index contributed by atoms with van der Waals surface area (Å²) in [5.41, 5.74) is -0.559. The number of rotatable bonds is 2. The summed E-state index contributed by atoms with van der Waals surface area (Å²) in [5.74, 6) is -5.50. The molecule has 0 saturated carbocycles. The highest BCUT2D eigenvalue weighted by Crippen LogP contribution is 2.15. The minimum atomic E-state index is -1.68. The van der Waals surface area contributed by atoms with Crippen LogP contribution in [0.4, 0.5) is 13.2 Å². The maximum atomic E-state index is 13.4. The first-order valence-corrected chi connectivity index (χ1v) is 5.70. The van der Waals surface area contributed by atoms with E-state index < -0.39 is 28.9 Å². The highest BCUT2D eigenvalue weighted by molar-refractivity contribution is 5.94. The monoisotopic (exact) mass is 272 g/mol. The molecule has 1 saturated heterocycles. The van der Waals surface area contributed by atoms with Crippen molar-refractivity contribution in [1.29, 1.82) is 0 Å². The SMILES string of the molecule is O=C1CCC(NC(=O)c2ccc(F)c(F)c2F)CN1. The number of carbonyl (C=O) groups excluding carboxylic acids is 2. The fourth-order valence-corrected chi connectivity index (χ4v) is 1.82. The number of benzene rings is 1. The Bertz CT molecular complexity index is 524. The number of piperidine rings is 1. The molecule has 1 atom stereocenters. The second-order valence-electron chi connectivity index (χ2n) is 4.24. The maximum absolute atomic E-state index is 13.4. The van der Waals surface area contributed by atoms with Crippen LogP contribution in [0.3, 0.4) is 0 Å². The Hall–Kier alpha value is -2.05. The van der Waals surface area contributed by atoms with Gasteiger partial charge in [-0.2, -0.15) is 0 Å². The fraction of sp³-hybridized carbons (Fsp3) is 0.333. The van der Waals surface area contributed by atoms with Gasteiger partial charge in [-0.05, 0) is 18.6 Å². The number of hydrogen-bond donors (Lipinski definition) is 2. The summed E-state index contributed by atoms with van der Waals surface area (Å²) < 4.78 is 39.1. The van der Waals surface area contributed by atoms with Crippen LogP contribution >= 0.6 is 0 Å². The lowest BCUT2D eigenvalue weighted by Gasteiger charge is -2.23. The Morgan fingerprint density at radius 1 is 1.26 bits per heavy atom. The summed E-state index contributed by atoms with van der Waals surface area (Å²) in [6.45, 7) is 0.232. The van der Waals surface area contributed by atoms with E-state index in [4.69, 9.17) is 0 Å². The van der Waals surface area contributed by atoms with Crippen LogP contribution in [-0.2, 0) is 4.79 Å². The summed E-state index contributed by atoms with van der Waals surface area (Å²) in [7, 11) is 0. The van der Waals surface area contributed by atoms with E-state index in [0.29, 0.717) is 12.5 Å². The first kappa shape index (κ1) is 13.4. The second kappa shape index (κ2) is 5.29. The van der Waals surface area contributed by atoms with Crippen LogP contribution in [0.5, 0.6) is 0 Å². The zero-order valence-electron chi connectivity index (χ0n) is 9.80. The van der Waals surface area contributed by atoms with Crippen LogP contribution in [0.1, 0.15) is 23.2 Å². The van der Waals surface area contributed by atoms with Crippen LogP contribution < -0.4 is 10.6 Å². The molecule has 1 aromatic carbocycles. The topological polar surface area (TPSA) is 58.2 Å². The minimum Gasteiger partial charge on any atom is -0.354 e. The number of amides is 2. The zero-order chi connectivity index (χ0) is 14.0. The Balaban J connectivity index is 2.08. The molecule has 102 valence electrons. The third-order valence-corrected chi connectivity index (χ3v) is 2.88. The zero-order valence-corrected chi connectivity index (χ0v) is 9.80. The number of carbonyl (C=O) groups is 2. The van der Waals surface area contributed by atoms with Gasteiger partial charge in [-0.25, -0.2) is 13.2 Å². The van der Waals surface area contributed by atoms with Gasteiger partial charge in [0.05, 0.1) is 5.56 Å². The highest BCUT2D eigenvalue weighted by atomic mass is 19.2. The summed E-state index contributed by atoms with van der Waals surface area (Å²) in [5, 5.41) is 5.00. The van der Waals surface area contributed by atoms with E-state index in [1.807, 2.05) is 0 Å². The molecule has 2 rings (SSSR count). The van der Waals surface area contributed by atoms with E-state index in [2.05, 4.69) is 10.6 Å². The van der Waals surface area contributed by atoms with Gasteiger partial charge in [0, 0.05) is 19.0 Å². The molecule has 1 heterocycles. The number of halogens is 3. The predicted octanol–water partition coefficient (Wildman–Crippen LogP) is 1.11. The van der Waals surface area contributed by atoms with Gasteiger partial charge in [-0.1, -0.05) is 0 Å². The molecule has 0 aromatic heterocycles. The van der Waals surface area contributed by atoms with Crippen molar-refractivity contribution in [3.8, 4) is 0 Å². The summed E-state index contributed by atoms with van der Waals surface area (Å²) in [6, 6.07) is 1.22. The smallest absolute Gasteiger partial charge is 0.254 e. The standard InChI is InChI=1S/C12H11F3N2O2/c13-8-3-2-7(10(14)11(8)15)12(19)17-6-1-4-9(18)16-5-6/h2-3,6H,1,4-5H2,(H,16,18)(H,17,19). The third-order valence-electron chi connectivity index (χ3n) is 2.88. The minimum absolute atomic E-state index is 0.121. The van der Waals surface area contributed by atoms with Crippen molar-refractivity contribution in [1.82, 2.24) is 10.6 Å². The van der Waals surface area contributed by atoms with Gasteiger partial charge in [-0.15, -0.1) is 0 Å².